The van der Waals surface area contributed by atoms with E-state index in [1.54, 1.807) is 6.92 Å². The molecule has 0 aliphatic heterocycles. The molecule has 0 heterocycles. The van der Waals surface area contributed by atoms with Crippen LogP contribution in [0.2, 0.25) is 0 Å². The molecule has 0 rings (SSSR count). The molecule has 0 aromatic rings. The molecule has 0 aliphatic rings. The van der Waals surface area contributed by atoms with Crippen molar-refractivity contribution in [1.82, 2.24) is 16.0 Å². The van der Waals surface area contributed by atoms with Crippen LogP contribution in [-0.4, -0.2) is 65.5 Å². The van der Waals surface area contributed by atoms with Crippen LogP contribution >= 0.6 is 11.8 Å². The predicted molar refractivity (Wildman–Crippen MR) is 101 cm³/mol. The number of carboxylic acids is 1. The summed E-state index contributed by atoms with van der Waals surface area (Å²) in [6, 6.07) is -2.78. The Morgan fingerprint density at radius 1 is 1.08 bits per heavy atom. The van der Waals surface area contributed by atoms with Crippen molar-refractivity contribution in [3.63, 3.8) is 0 Å². The fourth-order valence-corrected chi connectivity index (χ4v) is 2.58. The number of amides is 3. The van der Waals surface area contributed by atoms with Gasteiger partial charge in [-0.15, -0.1) is 0 Å². The van der Waals surface area contributed by atoms with Gasteiger partial charge in [0, 0.05) is 0 Å². The molecule has 0 spiro atoms. The van der Waals surface area contributed by atoms with Crippen LogP contribution in [0.5, 0.6) is 0 Å². The Balaban J connectivity index is 5.05. The van der Waals surface area contributed by atoms with E-state index in [1.807, 2.05) is 13.2 Å². The first-order chi connectivity index (χ1) is 12.2. The Kier molecular flexibility index (Phi) is 11.7. The van der Waals surface area contributed by atoms with Gasteiger partial charge in [-0.05, 0) is 31.3 Å². The van der Waals surface area contributed by atoms with E-state index in [0.29, 0.717) is 18.6 Å². The Hall–Kier alpha value is -1.81. The molecule has 150 valence electrons. The molecule has 6 N–H and O–H groups in total. The summed E-state index contributed by atoms with van der Waals surface area (Å²) in [5.41, 5.74) is 5.19. The zero-order valence-electron chi connectivity index (χ0n) is 15.7. The van der Waals surface area contributed by atoms with Gasteiger partial charge in [0.2, 0.25) is 17.7 Å². The molecule has 26 heavy (non-hydrogen) atoms. The van der Waals surface area contributed by atoms with Crippen molar-refractivity contribution in [3.05, 3.63) is 0 Å². The number of carboxylic acid groups (broad SMARTS) is 1. The van der Waals surface area contributed by atoms with E-state index >= 15 is 0 Å². The van der Waals surface area contributed by atoms with Gasteiger partial charge >= 0.3 is 5.97 Å². The van der Waals surface area contributed by atoms with Crippen molar-refractivity contribution in [3.8, 4) is 0 Å². The normalized spacial score (nSPS) is 15.3. The number of carbonyl (C=O) groups excluding carboxylic acids is 3. The number of nitrogens with one attached hydrogen (secondary N) is 3. The summed E-state index contributed by atoms with van der Waals surface area (Å²) in [7, 11) is 0. The summed E-state index contributed by atoms with van der Waals surface area (Å²) in [5.74, 6) is -2.35. The van der Waals surface area contributed by atoms with Crippen LogP contribution in [0.15, 0.2) is 0 Å². The number of hydrogen-bond acceptors (Lipinski definition) is 6. The Bertz CT molecular complexity index is 503. The largest absolute Gasteiger partial charge is 0.480 e. The van der Waals surface area contributed by atoms with E-state index < -0.39 is 41.8 Å². The summed E-state index contributed by atoms with van der Waals surface area (Å²) in [5, 5.41) is 16.8. The minimum absolute atomic E-state index is 0.247. The van der Waals surface area contributed by atoms with Crippen molar-refractivity contribution < 1.29 is 24.3 Å². The minimum atomic E-state index is -1.12. The van der Waals surface area contributed by atoms with E-state index in [2.05, 4.69) is 16.0 Å². The van der Waals surface area contributed by atoms with E-state index in [9.17, 15) is 24.3 Å². The van der Waals surface area contributed by atoms with Crippen LogP contribution < -0.4 is 21.7 Å². The second-order valence-corrected chi connectivity index (χ2v) is 7.03. The Morgan fingerprint density at radius 2 is 1.69 bits per heavy atom. The second kappa shape index (κ2) is 12.5. The highest BCUT2D eigenvalue weighted by molar-refractivity contribution is 7.98. The molecule has 10 heteroatoms. The highest BCUT2D eigenvalue weighted by Gasteiger charge is 2.30. The minimum Gasteiger partial charge on any atom is -0.480 e. The molecule has 0 fully saturated rings. The first-order valence-electron chi connectivity index (χ1n) is 8.49. The smallest absolute Gasteiger partial charge is 0.326 e. The van der Waals surface area contributed by atoms with Gasteiger partial charge in [-0.3, -0.25) is 14.4 Å². The highest BCUT2D eigenvalue weighted by Crippen LogP contribution is 2.09. The van der Waals surface area contributed by atoms with Gasteiger partial charge in [-0.1, -0.05) is 20.3 Å². The average Bonchev–Trinajstić information content (AvgIpc) is 2.61. The molecule has 0 saturated carbocycles. The van der Waals surface area contributed by atoms with Crippen LogP contribution in [0.25, 0.3) is 0 Å². The third kappa shape index (κ3) is 8.52. The second-order valence-electron chi connectivity index (χ2n) is 6.05. The van der Waals surface area contributed by atoms with Crippen LogP contribution in [0, 0.1) is 5.92 Å². The molecule has 4 unspecified atom stereocenters. The quantitative estimate of drug-likeness (QED) is 0.296. The maximum Gasteiger partial charge on any atom is 0.326 e. The molecule has 0 radical (unpaired) electrons. The fraction of sp³-hybridized carbons (Fsp3) is 0.750. The van der Waals surface area contributed by atoms with Crippen LogP contribution in [0.3, 0.4) is 0 Å². The summed E-state index contributed by atoms with van der Waals surface area (Å²) in [6.45, 7) is 4.80. The topological polar surface area (TPSA) is 151 Å². The summed E-state index contributed by atoms with van der Waals surface area (Å²) in [6.07, 6.45) is 2.78. The van der Waals surface area contributed by atoms with Gasteiger partial charge in [-0.2, -0.15) is 11.8 Å². The van der Waals surface area contributed by atoms with Gasteiger partial charge < -0.3 is 26.8 Å². The number of rotatable bonds is 12. The lowest BCUT2D eigenvalue weighted by molar-refractivity contribution is -0.143. The first kappa shape index (κ1) is 24.2. The van der Waals surface area contributed by atoms with E-state index in [-0.39, 0.29) is 12.5 Å². The number of thioether (sulfide) groups is 1. The molecule has 0 aromatic heterocycles. The maximum atomic E-state index is 12.5. The molecular formula is C16H30N4O5S. The van der Waals surface area contributed by atoms with Crippen LogP contribution in [-0.2, 0) is 19.2 Å². The molecule has 4 atom stereocenters. The van der Waals surface area contributed by atoms with Gasteiger partial charge in [-0.25, -0.2) is 4.79 Å². The first-order valence-corrected chi connectivity index (χ1v) is 9.89. The summed E-state index contributed by atoms with van der Waals surface area (Å²) in [4.78, 5) is 47.4. The van der Waals surface area contributed by atoms with Crippen molar-refractivity contribution >= 4 is 35.5 Å². The van der Waals surface area contributed by atoms with Crippen molar-refractivity contribution in [2.75, 3.05) is 18.6 Å². The Labute approximate surface area is 158 Å². The number of carbonyl (C=O) groups is 4. The zero-order chi connectivity index (χ0) is 20.3. The Morgan fingerprint density at radius 3 is 2.15 bits per heavy atom. The third-order valence-corrected chi connectivity index (χ3v) is 4.62. The van der Waals surface area contributed by atoms with Gasteiger partial charge in [0.1, 0.15) is 18.1 Å². The molecule has 0 saturated heterocycles. The summed E-state index contributed by atoms with van der Waals surface area (Å²) < 4.78 is 0. The average molecular weight is 391 g/mol. The zero-order valence-corrected chi connectivity index (χ0v) is 16.5. The van der Waals surface area contributed by atoms with Crippen molar-refractivity contribution in [2.24, 2.45) is 11.7 Å². The highest BCUT2D eigenvalue weighted by atomic mass is 32.2. The number of hydrogen-bond donors (Lipinski definition) is 5. The SMILES string of the molecule is CCC(C)C(NC(=O)C(CCSC)NC(=O)C(C)NC(=O)CN)C(=O)O. The van der Waals surface area contributed by atoms with Gasteiger partial charge in [0.25, 0.3) is 0 Å². The van der Waals surface area contributed by atoms with Gasteiger partial charge in [0.05, 0.1) is 6.54 Å². The molecule has 0 aromatic carbocycles. The van der Waals surface area contributed by atoms with E-state index in [1.165, 1.54) is 18.7 Å². The molecule has 0 bridgehead atoms. The standard InChI is InChI=1S/C16H30N4O5S/c1-5-9(2)13(16(24)25)20-15(23)11(6-7-26-4)19-14(22)10(3)18-12(21)8-17/h9-11,13H,5-8,17H2,1-4H3,(H,18,21)(H,19,22)(H,20,23)(H,24,25). The number of aliphatic carboxylic acids is 1. The molecule has 3 amide bonds. The summed E-state index contributed by atoms with van der Waals surface area (Å²) >= 11 is 1.50. The predicted octanol–water partition coefficient (Wildman–Crippen LogP) is -0.697. The van der Waals surface area contributed by atoms with Gasteiger partial charge in [0.15, 0.2) is 0 Å². The van der Waals surface area contributed by atoms with E-state index in [4.69, 9.17) is 5.73 Å². The van der Waals surface area contributed by atoms with Crippen LogP contribution in [0.1, 0.15) is 33.6 Å². The van der Waals surface area contributed by atoms with Crippen molar-refractivity contribution in [1.29, 1.82) is 0 Å². The number of nitrogens with two attached hydrogens (primary N) is 1. The fourth-order valence-electron chi connectivity index (χ4n) is 2.10. The monoisotopic (exact) mass is 390 g/mol. The molecule has 0 aliphatic carbocycles. The van der Waals surface area contributed by atoms with Crippen molar-refractivity contribution in [2.45, 2.75) is 51.7 Å². The third-order valence-electron chi connectivity index (χ3n) is 3.98. The lowest BCUT2D eigenvalue weighted by Crippen LogP contribution is -2.56. The lowest BCUT2D eigenvalue weighted by atomic mass is 9.98. The molecule has 9 nitrogen and oxygen atoms in total. The van der Waals surface area contributed by atoms with Crippen LogP contribution in [0.4, 0.5) is 0 Å². The molecular weight excluding hydrogens is 360 g/mol. The van der Waals surface area contributed by atoms with E-state index in [0.717, 1.165) is 0 Å². The maximum absolute atomic E-state index is 12.5. The lowest BCUT2D eigenvalue weighted by Gasteiger charge is -2.25.